The maximum atomic E-state index is 12.4. The lowest BCUT2D eigenvalue weighted by Gasteiger charge is -2.14. The first kappa shape index (κ1) is 17.2. The number of aromatic nitrogens is 1. The summed E-state index contributed by atoms with van der Waals surface area (Å²) in [4.78, 5) is 25.9. The number of rotatable bonds is 5. The zero-order chi connectivity index (χ0) is 17.2. The van der Waals surface area contributed by atoms with E-state index in [4.69, 9.17) is 0 Å². The van der Waals surface area contributed by atoms with Crippen molar-refractivity contribution in [3.05, 3.63) is 40.2 Å². The van der Waals surface area contributed by atoms with Crippen LogP contribution in [-0.2, 0) is 14.8 Å². The van der Waals surface area contributed by atoms with Crippen molar-refractivity contribution < 1.29 is 13.2 Å². The SMILES string of the molecule is CCNC(=O)[C@@H](C)NS(=O)(=O)c1ccc2[nH]c(=O)c(C)cc2c1. The number of likely N-dealkylation sites (N-methyl/N-ethyl adjacent to an activating group) is 1. The Morgan fingerprint density at radius 2 is 2.00 bits per heavy atom. The average molecular weight is 337 g/mol. The normalized spacial score (nSPS) is 13.0. The minimum absolute atomic E-state index is 0.0348. The number of amides is 1. The maximum absolute atomic E-state index is 12.4. The van der Waals surface area contributed by atoms with Crippen molar-refractivity contribution >= 4 is 26.8 Å². The first-order valence-electron chi connectivity index (χ1n) is 7.18. The number of fused-ring (bicyclic) bond motifs is 1. The summed E-state index contributed by atoms with van der Waals surface area (Å²) in [6.07, 6.45) is 0. The largest absolute Gasteiger partial charge is 0.355 e. The smallest absolute Gasteiger partial charge is 0.251 e. The highest BCUT2D eigenvalue weighted by atomic mass is 32.2. The third kappa shape index (κ3) is 3.77. The van der Waals surface area contributed by atoms with Crippen LogP contribution in [0.2, 0.25) is 0 Å². The molecule has 0 fully saturated rings. The highest BCUT2D eigenvalue weighted by Crippen LogP contribution is 2.17. The van der Waals surface area contributed by atoms with E-state index in [1.165, 1.54) is 25.1 Å². The number of benzene rings is 1. The van der Waals surface area contributed by atoms with Crippen molar-refractivity contribution in [2.45, 2.75) is 31.7 Å². The van der Waals surface area contributed by atoms with E-state index in [1.54, 1.807) is 19.9 Å². The van der Waals surface area contributed by atoms with Gasteiger partial charge in [-0.1, -0.05) is 0 Å². The topological polar surface area (TPSA) is 108 Å². The molecule has 0 spiro atoms. The standard InChI is InChI=1S/C15H19N3O4S/c1-4-16-15(20)10(3)18-23(21,22)12-5-6-13-11(8-12)7-9(2)14(19)17-13/h5-8,10,18H,4H2,1-3H3,(H,16,20)(H,17,19)/t10-/m1/s1. The molecule has 1 aromatic heterocycles. The molecule has 0 radical (unpaired) electrons. The zero-order valence-corrected chi connectivity index (χ0v) is 14.0. The van der Waals surface area contributed by atoms with Crippen molar-refractivity contribution in [2.75, 3.05) is 6.54 Å². The molecule has 2 aromatic rings. The molecule has 0 aliphatic rings. The Kier molecular flexibility index (Phi) is 4.86. The van der Waals surface area contributed by atoms with Crippen molar-refractivity contribution in [3.63, 3.8) is 0 Å². The number of aromatic amines is 1. The van der Waals surface area contributed by atoms with Crippen LogP contribution in [0.5, 0.6) is 0 Å². The summed E-state index contributed by atoms with van der Waals surface area (Å²) < 4.78 is 27.1. The maximum Gasteiger partial charge on any atom is 0.251 e. The van der Waals surface area contributed by atoms with Crippen LogP contribution < -0.4 is 15.6 Å². The van der Waals surface area contributed by atoms with Gasteiger partial charge in [-0.15, -0.1) is 0 Å². The number of aryl methyl sites for hydroxylation is 1. The molecule has 1 amide bonds. The first-order chi connectivity index (χ1) is 10.7. The van der Waals surface area contributed by atoms with Crippen LogP contribution in [0, 0.1) is 6.92 Å². The Hall–Kier alpha value is -2.19. The van der Waals surface area contributed by atoms with Gasteiger partial charge in [-0.05, 0) is 50.4 Å². The monoisotopic (exact) mass is 337 g/mol. The molecule has 23 heavy (non-hydrogen) atoms. The van der Waals surface area contributed by atoms with E-state index in [-0.39, 0.29) is 10.5 Å². The lowest BCUT2D eigenvalue weighted by molar-refractivity contribution is -0.122. The molecule has 124 valence electrons. The molecule has 8 heteroatoms. The second-order valence-electron chi connectivity index (χ2n) is 5.27. The highest BCUT2D eigenvalue weighted by molar-refractivity contribution is 7.89. The Bertz CT molecular complexity index is 903. The number of pyridine rings is 1. The van der Waals surface area contributed by atoms with Crippen LogP contribution in [0.25, 0.3) is 10.9 Å². The van der Waals surface area contributed by atoms with Crippen molar-refractivity contribution in [1.82, 2.24) is 15.0 Å². The number of H-pyrrole nitrogens is 1. The number of nitrogens with one attached hydrogen (secondary N) is 3. The molecular weight excluding hydrogens is 318 g/mol. The molecule has 1 heterocycles. The summed E-state index contributed by atoms with van der Waals surface area (Å²) in [5.74, 6) is -0.392. The van der Waals surface area contributed by atoms with Crippen LogP contribution in [-0.4, -0.2) is 31.9 Å². The Morgan fingerprint density at radius 3 is 2.65 bits per heavy atom. The summed E-state index contributed by atoms with van der Waals surface area (Å²) in [6.45, 7) is 5.30. The lowest BCUT2D eigenvalue weighted by Crippen LogP contribution is -2.44. The number of carbonyl (C=O) groups excluding carboxylic acids is 1. The number of hydrogen-bond acceptors (Lipinski definition) is 4. The average Bonchev–Trinajstić information content (AvgIpc) is 2.47. The van der Waals surface area contributed by atoms with Gasteiger partial charge in [0.1, 0.15) is 0 Å². The molecule has 7 nitrogen and oxygen atoms in total. The van der Waals surface area contributed by atoms with Gasteiger partial charge in [-0.2, -0.15) is 4.72 Å². The van der Waals surface area contributed by atoms with Gasteiger partial charge in [0.2, 0.25) is 15.9 Å². The molecule has 1 aromatic carbocycles. The fourth-order valence-corrected chi connectivity index (χ4v) is 3.38. The van der Waals surface area contributed by atoms with Gasteiger partial charge in [0.05, 0.1) is 10.9 Å². The predicted octanol–water partition coefficient (Wildman–Crippen LogP) is 0.639. The van der Waals surface area contributed by atoms with Gasteiger partial charge in [-0.25, -0.2) is 8.42 Å². The minimum Gasteiger partial charge on any atom is -0.355 e. The van der Waals surface area contributed by atoms with Crippen molar-refractivity contribution in [2.24, 2.45) is 0 Å². The van der Waals surface area contributed by atoms with Gasteiger partial charge in [-0.3, -0.25) is 9.59 Å². The summed E-state index contributed by atoms with van der Waals surface area (Å²) in [5, 5.41) is 3.16. The van der Waals surface area contributed by atoms with E-state index in [0.717, 1.165) is 0 Å². The third-order valence-electron chi connectivity index (χ3n) is 3.39. The Balaban J connectivity index is 2.36. The van der Waals surface area contributed by atoms with Crippen LogP contribution >= 0.6 is 0 Å². The molecule has 0 saturated carbocycles. The first-order valence-corrected chi connectivity index (χ1v) is 8.66. The van der Waals surface area contributed by atoms with Crippen LogP contribution in [0.15, 0.2) is 34.0 Å². The lowest BCUT2D eigenvalue weighted by atomic mass is 10.2. The van der Waals surface area contributed by atoms with Crippen LogP contribution in [0.1, 0.15) is 19.4 Å². The molecule has 2 rings (SSSR count). The number of hydrogen-bond donors (Lipinski definition) is 3. The van der Waals surface area contributed by atoms with Gasteiger partial charge in [0.15, 0.2) is 0 Å². The second kappa shape index (κ2) is 6.51. The van der Waals surface area contributed by atoms with E-state index in [1.807, 2.05) is 0 Å². The van der Waals surface area contributed by atoms with Gasteiger partial charge in [0, 0.05) is 17.6 Å². The third-order valence-corrected chi connectivity index (χ3v) is 4.93. The second-order valence-corrected chi connectivity index (χ2v) is 6.98. The molecule has 3 N–H and O–H groups in total. The molecular formula is C15H19N3O4S. The number of carbonyl (C=O) groups is 1. The number of sulfonamides is 1. The summed E-state index contributed by atoms with van der Waals surface area (Å²) >= 11 is 0. The Labute approximate surface area is 134 Å². The molecule has 0 aliphatic carbocycles. The van der Waals surface area contributed by atoms with Crippen LogP contribution in [0.3, 0.4) is 0 Å². The van der Waals surface area contributed by atoms with E-state index < -0.39 is 22.0 Å². The molecule has 0 aliphatic heterocycles. The van der Waals surface area contributed by atoms with Gasteiger partial charge < -0.3 is 10.3 Å². The molecule has 0 unspecified atom stereocenters. The summed E-state index contributed by atoms with van der Waals surface area (Å²) in [5.41, 5.74) is 0.836. The van der Waals surface area contributed by atoms with Crippen LogP contribution in [0.4, 0.5) is 0 Å². The summed E-state index contributed by atoms with van der Waals surface area (Å²) in [6, 6.07) is 5.13. The zero-order valence-electron chi connectivity index (χ0n) is 13.1. The van der Waals surface area contributed by atoms with E-state index in [2.05, 4.69) is 15.0 Å². The Morgan fingerprint density at radius 1 is 1.30 bits per heavy atom. The summed E-state index contributed by atoms with van der Waals surface area (Å²) in [7, 11) is -3.84. The van der Waals surface area contributed by atoms with Crippen molar-refractivity contribution in [1.29, 1.82) is 0 Å². The quantitative estimate of drug-likeness (QED) is 0.744. The van der Waals surface area contributed by atoms with Gasteiger partial charge in [0.25, 0.3) is 5.56 Å². The fraction of sp³-hybridized carbons (Fsp3) is 0.333. The highest BCUT2D eigenvalue weighted by Gasteiger charge is 2.21. The molecule has 0 saturated heterocycles. The fourth-order valence-electron chi connectivity index (χ4n) is 2.14. The predicted molar refractivity (Wildman–Crippen MR) is 87.8 cm³/mol. The van der Waals surface area contributed by atoms with E-state index in [9.17, 15) is 18.0 Å². The minimum atomic E-state index is -3.84. The van der Waals surface area contributed by atoms with E-state index in [0.29, 0.717) is 23.0 Å². The van der Waals surface area contributed by atoms with E-state index >= 15 is 0 Å². The van der Waals surface area contributed by atoms with Gasteiger partial charge >= 0.3 is 0 Å². The van der Waals surface area contributed by atoms with Crippen molar-refractivity contribution in [3.8, 4) is 0 Å². The molecule has 1 atom stereocenters. The molecule has 0 bridgehead atoms.